The van der Waals surface area contributed by atoms with Crippen LogP contribution in [0, 0.1) is 0 Å². The van der Waals surface area contributed by atoms with E-state index in [-0.39, 0.29) is 0 Å². The second-order valence-electron chi connectivity index (χ2n) is 2.62. The third-order valence-corrected chi connectivity index (χ3v) is 2.02. The van der Waals surface area contributed by atoms with E-state index in [9.17, 15) is 0 Å². The Morgan fingerprint density at radius 3 is 2.78 bits per heavy atom. The Bertz CT molecular complexity index is 129. The summed E-state index contributed by atoms with van der Waals surface area (Å²) in [5.74, 6) is 0. The Kier molecular flexibility index (Phi) is 1.19. The van der Waals surface area contributed by atoms with Gasteiger partial charge < -0.3 is 4.74 Å². The van der Waals surface area contributed by atoms with Crippen LogP contribution in [0.2, 0.25) is 0 Å². The van der Waals surface area contributed by atoms with E-state index >= 15 is 0 Å². The Hall–Kier alpha value is -0.500. The molecule has 0 spiro atoms. The number of likely N-dealkylation sites (tertiary alicyclic amines) is 1. The maximum atomic E-state index is 5.09. The molecule has 50 valence electrons. The Morgan fingerprint density at radius 1 is 1.44 bits per heavy atom. The van der Waals surface area contributed by atoms with Crippen LogP contribution in [0.25, 0.3) is 0 Å². The van der Waals surface area contributed by atoms with Gasteiger partial charge in [-0.25, -0.2) is 0 Å². The highest BCUT2D eigenvalue weighted by atomic mass is 16.5. The molecule has 0 aromatic heterocycles. The molecule has 1 atom stereocenters. The third-order valence-electron chi connectivity index (χ3n) is 2.02. The van der Waals surface area contributed by atoms with Crippen LogP contribution in [0.4, 0.5) is 0 Å². The van der Waals surface area contributed by atoms with Gasteiger partial charge >= 0.3 is 0 Å². The van der Waals surface area contributed by atoms with E-state index in [0.29, 0.717) is 6.04 Å². The predicted octanol–water partition coefficient (Wildman–Crippen LogP) is 0.605. The Labute approximate surface area is 55.1 Å². The summed E-state index contributed by atoms with van der Waals surface area (Å²) in [4.78, 5) is 2.43. The van der Waals surface area contributed by atoms with Crippen LogP contribution < -0.4 is 0 Å². The molecule has 0 amide bonds. The van der Waals surface area contributed by atoms with Gasteiger partial charge in [0.15, 0.2) is 0 Å². The molecule has 0 aliphatic carbocycles. The van der Waals surface area contributed by atoms with Crippen molar-refractivity contribution >= 4 is 0 Å². The van der Waals surface area contributed by atoms with Crippen molar-refractivity contribution in [2.24, 2.45) is 0 Å². The van der Waals surface area contributed by atoms with Crippen LogP contribution in [0.1, 0.15) is 6.42 Å². The first-order valence-corrected chi connectivity index (χ1v) is 3.49. The zero-order valence-corrected chi connectivity index (χ0v) is 5.42. The average molecular weight is 125 g/mol. The lowest BCUT2D eigenvalue weighted by atomic mass is 10.1. The van der Waals surface area contributed by atoms with Gasteiger partial charge in [0.2, 0.25) is 0 Å². The van der Waals surface area contributed by atoms with E-state index in [4.69, 9.17) is 4.74 Å². The minimum absolute atomic E-state index is 0.596. The number of rotatable bonds is 1. The molecule has 0 aromatic rings. The monoisotopic (exact) mass is 125 g/mol. The normalized spacial score (nSPS) is 34.0. The van der Waals surface area contributed by atoms with E-state index in [1.54, 1.807) is 0 Å². The van der Waals surface area contributed by atoms with Crippen LogP contribution in [0.15, 0.2) is 12.3 Å². The molecule has 1 unspecified atom stereocenters. The molecule has 2 rings (SSSR count). The summed E-state index contributed by atoms with van der Waals surface area (Å²) in [5.41, 5.74) is 0. The van der Waals surface area contributed by atoms with E-state index in [1.807, 2.05) is 6.26 Å². The summed E-state index contributed by atoms with van der Waals surface area (Å²) in [5, 5.41) is 0. The molecule has 0 bridgehead atoms. The van der Waals surface area contributed by atoms with Crippen LogP contribution in [0.3, 0.4) is 0 Å². The SMILES string of the molecule is C1=CC(N2CCC2)CO1. The quantitative estimate of drug-likeness (QED) is 0.509. The van der Waals surface area contributed by atoms with Crippen LogP contribution in [0.5, 0.6) is 0 Å². The number of hydrogen-bond donors (Lipinski definition) is 0. The highest BCUT2D eigenvalue weighted by Gasteiger charge is 2.23. The fraction of sp³-hybridized carbons (Fsp3) is 0.714. The van der Waals surface area contributed by atoms with Crippen LogP contribution in [-0.2, 0) is 4.74 Å². The molecule has 0 N–H and O–H groups in total. The summed E-state index contributed by atoms with van der Waals surface area (Å²) < 4.78 is 5.09. The van der Waals surface area contributed by atoms with Crippen LogP contribution >= 0.6 is 0 Å². The van der Waals surface area contributed by atoms with Crippen molar-refractivity contribution in [2.45, 2.75) is 12.5 Å². The lowest BCUT2D eigenvalue weighted by Crippen LogP contribution is -2.44. The van der Waals surface area contributed by atoms with E-state index in [0.717, 1.165) is 6.61 Å². The lowest BCUT2D eigenvalue weighted by Gasteiger charge is -2.34. The standard InChI is InChI=1S/C7H11NO/c1-3-8(4-1)7-2-5-9-6-7/h2,5,7H,1,3-4,6H2. The summed E-state index contributed by atoms with van der Waals surface area (Å²) in [6.07, 6.45) is 5.31. The first kappa shape index (κ1) is 5.30. The lowest BCUT2D eigenvalue weighted by molar-refractivity contribution is 0.109. The highest BCUT2D eigenvalue weighted by Crippen LogP contribution is 2.15. The molecule has 2 nitrogen and oxygen atoms in total. The van der Waals surface area contributed by atoms with Crippen molar-refractivity contribution in [1.29, 1.82) is 0 Å². The first-order chi connectivity index (χ1) is 4.47. The number of hydrogen-bond acceptors (Lipinski definition) is 2. The van der Waals surface area contributed by atoms with Gasteiger partial charge in [-0.1, -0.05) is 0 Å². The maximum Gasteiger partial charge on any atom is 0.106 e. The molecule has 0 radical (unpaired) electrons. The molecule has 2 heterocycles. The highest BCUT2D eigenvalue weighted by molar-refractivity contribution is 4.98. The molecular weight excluding hydrogens is 114 g/mol. The molecule has 9 heavy (non-hydrogen) atoms. The fourth-order valence-electron chi connectivity index (χ4n) is 1.26. The minimum atomic E-state index is 0.596. The molecular formula is C7H11NO. The Balaban J connectivity index is 1.89. The number of nitrogens with zero attached hydrogens (tertiary/aromatic N) is 1. The first-order valence-electron chi connectivity index (χ1n) is 3.49. The van der Waals surface area contributed by atoms with E-state index in [2.05, 4.69) is 11.0 Å². The van der Waals surface area contributed by atoms with E-state index < -0.39 is 0 Å². The number of ether oxygens (including phenoxy) is 1. The van der Waals surface area contributed by atoms with Gasteiger partial charge in [-0.15, -0.1) is 0 Å². The van der Waals surface area contributed by atoms with Crippen molar-refractivity contribution in [3.05, 3.63) is 12.3 Å². The average Bonchev–Trinajstić information content (AvgIpc) is 2.11. The fourth-order valence-corrected chi connectivity index (χ4v) is 1.26. The van der Waals surface area contributed by atoms with Gasteiger partial charge in [-0.3, -0.25) is 4.90 Å². The smallest absolute Gasteiger partial charge is 0.106 e. The van der Waals surface area contributed by atoms with Gasteiger partial charge in [0.25, 0.3) is 0 Å². The second kappa shape index (κ2) is 2.03. The van der Waals surface area contributed by atoms with Gasteiger partial charge in [-0.05, 0) is 12.5 Å². The van der Waals surface area contributed by atoms with Crippen molar-refractivity contribution in [3.63, 3.8) is 0 Å². The zero-order valence-electron chi connectivity index (χ0n) is 5.42. The Morgan fingerprint density at radius 2 is 2.33 bits per heavy atom. The summed E-state index contributed by atoms with van der Waals surface area (Å²) in [7, 11) is 0. The predicted molar refractivity (Wildman–Crippen MR) is 35.1 cm³/mol. The molecule has 2 aliphatic rings. The van der Waals surface area contributed by atoms with Gasteiger partial charge in [0.1, 0.15) is 6.61 Å². The molecule has 2 aliphatic heterocycles. The van der Waals surface area contributed by atoms with E-state index in [1.165, 1.54) is 19.5 Å². The minimum Gasteiger partial charge on any atom is -0.499 e. The third kappa shape index (κ3) is 0.833. The molecule has 1 saturated heterocycles. The molecule has 0 aromatic carbocycles. The summed E-state index contributed by atoms with van der Waals surface area (Å²) in [6, 6.07) is 0.596. The summed E-state index contributed by atoms with van der Waals surface area (Å²) in [6.45, 7) is 3.40. The zero-order chi connectivity index (χ0) is 6.10. The topological polar surface area (TPSA) is 12.5 Å². The summed E-state index contributed by atoms with van der Waals surface area (Å²) >= 11 is 0. The van der Waals surface area contributed by atoms with Crippen molar-refractivity contribution < 1.29 is 4.74 Å². The van der Waals surface area contributed by atoms with Crippen molar-refractivity contribution in [1.82, 2.24) is 4.90 Å². The molecule has 1 fully saturated rings. The maximum absolute atomic E-state index is 5.09. The van der Waals surface area contributed by atoms with Gasteiger partial charge in [0, 0.05) is 13.1 Å². The molecule has 0 saturated carbocycles. The van der Waals surface area contributed by atoms with Crippen molar-refractivity contribution in [2.75, 3.05) is 19.7 Å². The van der Waals surface area contributed by atoms with Crippen molar-refractivity contribution in [3.8, 4) is 0 Å². The largest absolute Gasteiger partial charge is 0.499 e. The van der Waals surface area contributed by atoms with Gasteiger partial charge in [0.05, 0.1) is 12.3 Å². The molecule has 2 heteroatoms. The second-order valence-corrected chi connectivity index (χ2v) is 2.62. The van der Waals surface area contributed by atoms with Crippen LogP contribution in [-0.4, -0.2) is 30.6 Å². The van der Waals surface area contributed by atoms with Gasteiger partial charge in [-0.2, -0.15) is 0 Å².